The van der Waals surface area contributed by atoms with Gasteiger partial charge >= 0.3 is 0 Å². The second-order valence-corrected chi connectivity index (χ2v) is 6.11. The Labute approximate surface area is 124 Å². The Morgan fingerprint density at radius 3 is 2.70 bits per heavy atom. The van der Waals surface area contributed by atoms with Gasteiger partial charge in [0.1, 0.15) is 5.75 Å². The van der Waals surface area contributed by atoms with E-state index in [2.05, 4.69) is 0 Å². The van der Waals surface area contributed by atoms with Gasteiger partial charge in [-0.15, -0.1) is 11.3 Å². The highest BCUT2D eigenvalue weighted by Crippen LogP contribution is 2.34. The van der Waals surface area contributed by atoms with E-state index < -0.39 is 11.7 Å². The third-order valence-corrected chi connectivity index (χ3v) is 4.34. The highest BCUT2D eigenvalue weighted by molar-refractivity contribution is 7.16. The zero-order valence-electron chi connectivity index (χ0n) is 10.6. The molecule has 0 bridgehead atoms. The number of nitrogens with zero attached hydrogens (tertiary/aromatic N) is 1. The van der Waals surface area contributed by atoms with E-state index in [4.69, 9.17) is 16.3 Å². The van der Waals surface area contributed by atoms with E-state index in [1.54, 1.807) is 31.4 Å². The summed E-state index contributed by atoms with van der Waals surface area (Å²) in [6.45, 7) is 0.335. The van der Waals surface area contributed by atoms with Crippen LogP contribution in [0.4, 0.5) is 5.69 Å². The zero-order chi connectivity index (χ0) is 14.3. The van der Waals surface area contributed by atoms with Gasteiger partial charge in [-0.2, -0.15) is 0 Å². The van der Waals surface area contributed by atoms with Crippen molar-refractivity contribution in [1.29, 1.82) is 0 Å². The first-order valence-corrected chi connectivity index (χ1v) is 7.08. The molecule has 0 N–H and O–H groups in total. The molecule has 0 saturated carbocycles. The Balaban J connectivity index is 2.00. The van der Waals surface area contributed by atoms with Crippen LogP contribution < -0.4 is 9.64 Å². The van der Waals surface area contributed by atoms with Crippen LogP contribution in [0.15, 0.2) is 30.3 Å². The maximum atomic E-state index is 12.1. The maximum absolute atomic E-state index is 12.1. The van der Waals surface area contributed by atoms with Gasteiger partial charge in [0.15, 0.2) is 0 Å². The molecule has 1 amide bonds. The number of rotatable bonds is 3. The van der Waals surface area contributed by atoms with E-state index in [1.807, 2.05) is 6.07 Å². The third-order valence-electron chi connectivity index (χ3n) is 3.12. The molecule has 20 heavy (non-hydrogen) atoms. The second kappa shape index (κ2) is 4.92. The molecule has 1 aliphatic rings. The Hall–Kier alpha value is -1.85. The number of anilines is 1. The third kappa shape index (κ3) is 2.09. The molecule has 102 valence electrons. The lowest BCUT2D eigenvalue weighted by Crippen LogP contribution is -2.28. The van der Waals surface area contributed by atoms with Crippen molar-refractivity contribution in [2.45, 2.75) is 6.54 Å². The minimum Gasteiger partial charge on any atom is -0.497 e. The minimum atomic E-state index is -0.516. The smallest absolute Gasteiger partial charge is 0.299 e. The number of thiophene rings is 1. The maximum Gasteiger partial charge on any atom is 0.299 e. The van der Waals surface area contributed by atoms with E-state index >= 15 is 0 Å². The van der Waals surface area contributed by atoms with Gasteiger partial charge in [-0.3, -0.25) is 14.5 Å². The standard InChI is InChI=1S/C14H10ClNO3S/c1-19-8-2-4-10-11(6-8)16(14(18)13(10)17)7-9-3-5-12(15)20-9/h2-6H,7H2,1H3. The molecule has 0 spiro atoms. The number of ketones is 1. The van der Waals surface area contributed by atoms with E-state index in [0.29, 0.717) is 27.9 Å². The molecule has 4 nitrogen and oxygen atoms in total. The fourth-order valence-corrected chi connectivity index (χ4v) is 3.23. The van der Waals surface area contributed by atoms with Crippen molar-refractivity contribution >= 4 is 40.3 Å². The van der Waals surface area contributed by atoms with Crippen molar-refractivity contribution in [3.05, 3.63) is 45.1 Å². The van der Waals surface area contributed by atoms with Crippen LogP contribution in [0, 0.1) is 0 Å². The molecule has 0 atom stereocenters. The summed E-state index contributed by atoms with van der Waals surface area (Å²) in [6.07, 6.45) is 0. The SMILES string of the molecule is COc1ccc2c(c1)N(Cc1ccc(Cl)s1)C(=O)C2=O. The molecule has 1 aliphatic heterocycles. The first-order valence-electron chi connectivity index (χ1n) is 5.88. The second-order valence-electron chi connectivity index (χ2n) is 4.31. The summed E-state index contributed by atoms with van der Waals surface area (Å²) in [5, 5.41) is 0. The highest BCUT2D eigenvalue weighted by atomic mass is 35.5. The number of halogens is 1. The van der Waals surface area contributed by atoms with Crippen LogP contribution in [0.2, 0.25) is 4.34 Å². The average Bonchev–Trinajstić information content (AvgIpc) is 2.96. The van der Waals surface area contributed by atoms with Gasteiger partial charge in [0, 0.05) is 10.9 Å². The van der Waals surface area contributed by atoms with Gasteiger partial charge < -0.3 is 4.74 Å². The fourth-order valence-electron chi connectivity index (χ4n) is 2.15. The molecule has 1 aromatic carbocycles. The number of hydrogen-bond donors (Lipinski definition) is 0. The Bertz CT molecular complexity index is 710. The van der Waals surface area contributed by atoms with Crippen LogP contribution in [0.3, 0.4) is 0 Å². The average molecular weight is 308 g/mol. The van der Waals surface area contributed by atoms with Gasteiger partial charge in [-0.25, -0.2) is 0 Å². The number of amides is 1. The molecule has 2 heterocycles. The first-order chi connectivity index (χ1) is 9.60. The number of hydrogen-bond acceptors (Lipinski definition) is 4. The van der Waals surface area contributed by atoms with Crippen molar-refractivity contribution in [2.75, 3.05) is 12.0 Å². The number of fused-ring (bicyclic) bond motifs is 1. The van der Waals surface area contributed by atoms with E-state index in [9.17, 15) is 9.59 Å². The zero-order valence-corrected chi connectivity index (χ0v) is 12.1. The molecule has 1 aromatic heterocycles. The predicted octanol–water partition coefficient (Wildman–Crippen LogP) is 3.14. The summed E-state index contributed by atoms with van der Waals surface area (Å²) >= 11 is 7.28. The molecule has 6 heteroatoms. The van der Waals surface area contributed by atoms with Crippen LogP contribution >= 0.6 is 22.9 Å². The molecule has 0 unspecified atom stereocenters. The van der Waals surface area contributed by atoms with Gasteiger partial charge in [0.25, 0.3) is 11.7 Å². The van der Waals surface area contributed by atoms with E-state index in [0.717, 1.165) is 4.88 Å². The lowest BCUT2D eigenvalue weighted by atomic mass is 10.1. The van der Waals surface area contributed by atoms with Crippen molar-refractivity contribution in [1.82, 2.24) is 0 Å². The van der Waals surface area contributed by atoms with Gasteiger partial charge in [0.2, 0.25) is 0 Å². The van der Waals surface area contributed by atoms with Crippen LogP contribution in [0.5, 0.6) is 5.75 Å². The lowest BCUT2D eigenvalue weighted by molar-refractivity contribution is -0.114. The molecule has 3 rings (SSSR count). The summed E-state index contributed by atoms with van der Waals surface area (Å²) in [5.74, 6) is -0.386. The van der Waals surface area contributed by atoms with Gasteiger partial charge in [0.05, 0.1) is 29.2 Å². The normalized spacial score (nSPS) is 13.8. The van der Waals surface area contributed by atoms with Crippen LogP contribution in [-0.2, 0) is 11.3 Å². The largest absolute Gasteiger partial charge is 0.497 e. The van der Waals surface area contributed by atoms with Gasteiger partial charge in [-0.05, 0) is 24.3 Å². The summed E-state index contributed by atoms with van der Waals surface area (Å²) in [7, 11) is 1.55. The molecule has 0 fully saturated rings. The summed E-state index contributed by atoms with van der Waals surface area (Å²) in [4.78, 5) is 26.4. The minimum absolute atomic E-state index is 0.335. The summed E-state index contributed by atoms with van der Waals surface area (Å²) in [5.41, 5.74) is 1.00. The molecule has 0 radical (unpaired) electrons. The lowest BCUT2D eigenvalue weighted by Gasteiger charge is -2.15. The number of methoxy groups -OCH3 is 1. The summed E-state index contributed by atoms with van der Waals surface area (Å²) < 4.78 is 5.80. The molecule has 2 aromatic rings. The van der Waals surface area contributed by atoms with Crippen molar-refractivity contribution in [3.8, 4) is 5.75 Å². The van der Waals surface area contributed by atoms with Gasteiger partial charge in [-0.1, -0.05) is 11.6 Å². The summed E-state index contributed by atoms with van der Waals surface area (Å²) in [6, 6.07) is 8.62. The van der Waals surface area contributed by atoms with Crippen molar-refractivity contribution < 1.29 is 14.3 Å². The quantitative estimate of drug-likeness (QED) is 0.818. The predicted molar refractivity (Wildman–Crippen MR) is 77.8 cm³/mol. The molecule has 0 aliphatic carbocycles. The Kier molecular flexibility index (Phi) is 3.23. The van der Waals surface area contributed by atoms with E-state index in [-0.39, 0.29) is 0 Å². The number of Topliss-reactive ketones (excluding diaryl/α,β-unsaturated/α-hetero) is 1. The number of ether oxygens (including phenoxy) is 1. The molecule has 0 saturated heterocycles. The first kappa shape index (κ1) is 13.1. The molecular weight excluding hydrogens is 298 g/mol. The van der Waals surface area contributed by atoms with Crippen LogP contribution in [0.1, 0.15) is 15.2 Å². The monoisotopic (exact) mass is 307 g/mol. The Morgan fingerprint density at radius 2 is 2.05 bits per heavy atom. The van der Waals surface area contributed by atoms with Crippen molar-refractivity contribution in [2.24, 2.45) is 0 Å². The van der Waals surface area contributed by atoms with Crippen LogP contribution in [0.25, 0.3) is 0 Å². The van der Waals surface area contributed by atoms with Crippen molar-refractivity contribution in [3.63, 3.8) is 0 Å². The Morgan fingerprint density at radius 1 is 1.25 bits per heavy atom. The number of carbonyl (C=O) groups excluding carboxylic acids is 2. The topological polar surface area (TPSA) is 46.6 Å². The molecular formula is C14H10ClNO3S. The number of carbonyl (C=O) groups is 2. The van der Waals surface area contributed by atoms with E-state index in [1.165, 1.54) is 16.2 Å². The highest BCUT2D eigenvalue weighted by Gasteiger charge is 2.36. The fraction of sp³-hybridized carbons (Fsp3) is 0.143. The van der Waals surface area contributed by atoms with Crippen LogP contribution in [-0.4, -0.2) is 18.8 Å². The number of benzene rings is 1.